The van der Waals surface area contributed by atoms with Crippen LogP contribution >= 0.6 is 23.5 Å². The third kappa shape index (κ3) is 6.00. The Bertz CT molecular complexity index is 1000. The van der Waals surface area contributed by atoms with E-state index in [1.807, 2.05) is 49.6 Å². The van der Waals surface area contributed by atoms with E-state index in [1.54, 1.807) is 23.5 Å². The van der Waals surface area contributed by atoms with Gasteiger partial charge in [0.1, 0.15) is 10.5 Å². The number of rotatable bonds is 8. The Morgan fingerprint density at radius 3 is 2.65 bits per heavy atom. The van der Waals surface area contributed by atoms with Gasteiger partial charge in [0.25, 0.3) is 5.22 Å². The van der Waals surface area contributed by atoms with Gasteiger partial charge in [0.2, 0.25) is 5.91 Å². The lowest BCUT2D eigenvalue weighted by Gasteiger charge is -2.34. The quantitative estimate of drug-likeness (QED) is 0.515. The average Bonchev–Trinajstić information content (AvgIpc) is 3.19. The van der Waals surface area contributed by atoms with Crippen molar-refractivity contribution in [3.05, 3.63) is 42.1 Å². The summed E-state index contributed by atoms with van der Waals surface area (Å²) in [7, 11) is 0. The molecule has 1 saturated heterocycles. The molecule has 4 rings (SSSR count). The van der Waals surface area contributed by atoms with Crippen molar-refractivity contribution in [1.29, 1.82) is 0 Å². The number of thioether (sulfide) groups is 2. The van der Waals surface area contributed by atoms with Crippen molar-refractivity contribution < 1.29 is 9.21 Å². The summed E-state index contributed by atoms with van der Waals surface area (Å²) >= 11 is 3.20. The first-order chi connectivity index (χ1) is 15.1. The van der Waals surface area contributed by atoms with Crippen LogP contribution < -0.4 is 5.32 Å². The molecule has 31 heavy (non-hydrogen) atoms. The van der Waals surface area contributed by atoms with Gasteiger partial charge in [0.15, 0.2) is 5.58 Å². The van der Waals surface area contributed by atoms with Gasteiger partial charge in [-0.15, -0.1) is 11.8 Å². The first-order valence-corrected chi connectivity index (χ1v) is 12.6. The summed E-state index contributed by atoms with van der Waals surface area (Å²) in [5.41, 5.74) is 3.48. The Balaban J connectivity index is 1.18. The van der Waals surface area contributed by atoms with Gasteiger partial charge in [-0.05, 0) is 37.4 Å². The van der Waals surface area contributed by atoms with E-state index in [9.17, 15) is 4.79 Å². The number of hydrogen-bond acceptors (Lipinski definition) is 8. The number of aromatic nitrogens is 2. The maximum Gasteiger partial charge on any atom is 0.256 e. The number of carbonyl (C=O) groups is 1. The van der Waals surface area contributed by atoms with E-state index < -0.39 is 0 Å². The number of piperazine rings is 1. The van der Waals surface area contributed by atoms with Gasteiger partial charge in [0.05, 0.1) is 12.2 Å². The number of oxazole rings is 1. The predicted molar refractivity (Wildman–Crippen MR) is 127 cm³/mol. The normalized spacial score (nSPS) is 15.4. The second-order valence-electron chi connectivity index (χ2n) is 7.47. The van der Waals surface area contributed by atoms with Crippen LogP contribution in [0.5, 0.6) is 0 Å². The molecule has 1 aliphatic rings. The highest BCUT2D eigenvalue weighted by molar-refractivity contribution is 7.99. The maximum absolute atomic E-state index is 12.5. The molecule has 1 N–H and O–H groups in total. The van der Waals surface area contributed by atoms with E-state index in [0.717, 1.165) is 71.2 Å². The Kier molecular flexibility index (Phi) is 7.49. The average molecular weight is 458 g/mol. The molecule has 3 aromatic rings. The van der Waals surface area contributed by atoms with Gasteiger partial charge in [-0.3, -0.25) is 14.6 Å². The third-order valence-electron chi connectivity index (χ3n) is 5.21. The molecule has 1 aromatic carbocycles. The molecule has 2 aromatic heterocycles. The zero-order valence-electron chi connectivity index (χ0n) is 17.8. The standard InChI is InChI=1S/C22H27N5O2S2/c1-16-7-8-18(21(23-16)30-2)24-20(28)15-27-11-9-26(10-12-27)13-14-31-22-25-17-5-3-4-6-19(17)29-22/h3-8H,9-15H2,1-2H3,(H,24,28). The molecular weight excluding hydrogens is 430 g/mol. The highest BCUT2D eigenvalue weighted by atomic mass is 32.2. The number of hydrogen-bond donors (Lipinski definition) is 1. The minimum absolute atomic E-state index is 0.0147. The molecule has 9 heteroatoms. The number of carbonyl (C=O) groups excluding carboxylic acids is 1. The van der Waals surface area contributed by atoms with Crippen LogP contribution in [0.15, 0.2) is 51.1 Å². The van der Waals surface area contributed by atoms with Gasteiger partial charge in [0, 0.05) is 44.2 Å². The summed E-state index contributed by atoms with van der Waals surface area (Å²) in [6.07, 6.45) is 1.97. The lowest BCUT2D eigenvalue weighted by molar-refractivity contribution is -0.117. The van der Waals surface area contributed by atoms with Crippen molar-refractivity contribution in [2.75, 3.05) is 56.6 Å². The number of nitrogens with one attached hydrogen (secondary N) is 1. The topological polar surface area (TPSA) is 74.5 Å². The van der Waals surface area contributed by atoms with E-state index in [-0.39, 0.29) is 5.91 Å². The van der Waals surface area contributed by atoms with Gasteiger partial charge in [-0.25, -0.2) is 9.97 Å². The van der Waals surface area contributed by atoms with Crippen molar-refractivity contribution in [1.82, 2.24) is 19.8 Å². The molecule has 1 aliphatic heterocycles. The van der Waals surface area contributed by atoms with Gasteiger partial charge >= 0.3 is 0 Å². The van der Waals surface area contributed by atoms with E-state index in [0.29, 0.717) is 6.54 Å². The number of fused-ring (bicyclic) bond motifs is 1. The Morgan fingerprint density at radius 1 is 1.10 bits per heavy atom. The first kappa shape index (κ1) is 22.1. The van der Waals surface area contributed by atoms with Crippen molar-refractivity contribution in [2.24, 2.45) is 0 Å². The largest absolute Gasteiger partial charge is 0.431 e. The molecule has 164 valence electrons. The second kappa shape index (κ2) is 10.5. The van der Waals surface area contributed by atoms with Crippen molar-refractivity contribution >= 4 is 46.2 Å². The SMILES string of the molecule is CSc1nc(C)ccc1NC(=O)CN1CCN(CCSc2nc3ccccc3o2)CC1. The third-order valence-corrected chi connectivity index (χ3v) is 6.71. The summed E-state index contributed by atoms with van der Waals surface area (Å²) in [6, 6.07) is 11.7. The summed E-state index contributed by atoms with van der Waals surface area (Å²) < 4.78 is 5.76. The fourth-order valence-corrected chi connectivity index (χ4v) is 4.93. The monoisotopic (exact) mass is 457 g/mol. The minimum atomic E-state index is 0.0147. The van der Waals surface area contributed by atoms with E-state index >= 15 is 0 Å². The van der Waals surface area contributed by atoms with Crippen molar-refractivity contribution in [2.45, 2.75) is 17.2 Å². The number of para-hydroxylation sites is 2. The number of anilines is 1. The summed E-state index contributed by atoms with van der Waals surface area (Å²) in [5.74, 6) is 0.950. The van der Waals surface area contributed by atoms with Crippen molar-refractivity contribution in [3.63, 3.8) is 0 Å². The highest BCUT2D eigenvalue weighted by Crippen LogP contribution is 2.24. The molecule has 0 unspecified atom stereocenters. The van der Waals surface area contributed by atoms with Gasteiger partial charge in [-0.2, -0.15) is 0 Å². The fourth-order valence-electron chi connectivity index (χ4n) is 3.52. The molecule has 0 bridgehead atoms. The van der Waals surface area contributed by atoms with Gasteiger partial charge < -0.3 is 9.73 Å². The van der Waals surface area contributed by atoms with Crippen LogP contribution in [-0.2, 0) is 4.79 Å². The smallest absolute Gasteiger partial charge is 0.256 e. The highest BCUT2D eigenvalue weighted by Gasteiger charge is 2.19. The lowest BCUT2D eigenvalue weighted by Crippen LogP contribution is -2.49. The van der Waals surface area contributed by atoms with Crippen LogP contribution in [0.1, 0.15) is 5.69 Å². The number of benzene rings is 1. The lowest BCUT2D eigenvalue weighted by atomic mass is 10.3. The number of pyridine rings is 1. The van der Waals surface area contributed by atoms with E-state index in [2.05, 4.69) is 25.1 Å². The zero-order chi connectivity index (χ0) is 21.6. The Morgan fingerprint density at radius 2 is 1.87 bits per heavy atom. The molecule has 0 atom stereocenters. The van der Waals surface area contributed by atoms with Gasteiger partial charge in [-0.1, -0.05) is 23.9 Å². The summed E-state index contributed by atoms with van der Waals surface area (Å²) in [5, 5.41) is 4.60. The summed E-state index contributed by atoms with van der Waals surface area (Å²) in [4.78, 5) is 26.1. The Hall–Kier alpha value is -2.07. The number of amides is 1. The molecule has 0 radical (unpaired) electrons. The van der Waals surface area contributed by atoms with E-state index in [1.165, 1.54) is 0 Å². The molecule has 0 spiro atoms. The molecule has 7 nitrogen and oxygen atoms in total. The molecule has 0 aliphatic carbocycles. The van der Waals surface area contributed by atoms with Crippen molar-refractivity contribution in [3.8, 4) is 0 Å². The summed E-state index contributed by atoms with van der Waals surface area (Å²) in [6.45, 7) is 7.05. The van der Waals surface area contributed by atoms with Crippen LogP contribution in [0, 0.1) is 6.92 Å². The molecule has 1 fully saturated rings. The molecule has 3 heterocycles. The zero-order valence-corrected chi connectivity index (χ0v) is 19.5. The minimum Gasteiger partial charge on any atom is -0.431 e. The maximum atomic E-state index is 12.5. The molecule has 1 amide bonds. The predicted octanol–water partition coefficient (Wildman–Crippen LogP) is 3.60. The van der Waals surface area contributed by atoms with Crippen LogP contribution in [0.3, 0.4) is 0 Å². The van der Waals surface area contributed by atoms with Crippen LogP contribution in [0.25, 0.3) is 11.1 Å². The second-order valence-corrected chi connectivity index (χ2v) is 9.31. The van der Waals surface area contributed by atoms with E-state index in [4.69, 9.17) is 4.42 Å². The first-order valence-electron chi connectivity index (χ1n) is 10.4. The van der Waals surface area contributed by atoms with Crippen LogP contribution in [0.4, 0.5) is 5.69 Å². The van der Waals surface area contributed by atoms with Crippen LogP contribution in [0.2, 0.25) is 0 Å². The fraction of sp³-hybridized carbons (Fsp3) is 0.409. The Labute approximate surface area is 191 Å². The molecular formula is C22H27N5O2S2. The molecule has 0 saturated carbocycles. The number of aryl methyl sites for hydroxylation is 1. The van der Waals surface area contributed by atoms with Crippen LogP contribution in [-0.4, -0.2) is 77.0 Å². The number of nitrogens with zero attached hydrogens (tertiary/aromatic N) is 4.